The highest BCUT2D eigenvalue weighted by Gasteiger charge is 2.31. The van der Waals surface area contributed by atoms with Crippen molar-refractivity contribution in [3.05, 3.63) is 41.1 Å². The Morgan fingerprint density at radius 1 is 1.18 bits per heavy atom. The van der Waals surface area contributed by atoms with Crippen molar-refractivity contribution < 1.29 is 19.1 Å². The smallest absolute Gasteiger partial charge is 0.338 e. The van der Waals surface area contributed by atoms with Gasteiger partial charge in [0.2, 0.25) is 0 Å². The molecular formula is C16H20N2O4. The van der Waals surface area contributed by atoms with E-state index in [1.807, 2.05) is 31.2 Å². The molecule has 0 radical (unpaired) electrons. The van der Waals surface area contributed by atoms with E-state index in [1.54, 1.807) is 13.8 Å². The number of urea groups is 1. The maximum Gasteiger partial charge on any atom is 0.338 e. The zero-order chi connectivity index (χ0) is 16.1. The van der Waals surface area contributed by atoms with Crippen molar-refractivity contribution in [2.75, 3.05) is 13.2 Å². The predicted molar refractivity (Wildman–Crippen MR) is 81.4 cm³/mol. The number of allylic oxidation sites excluding steroid dienone is 1. The van der Waals surface area contributed by atoms with Crippen LogP contribution in [0.15, 0.2) is 35.5 Å². The van der Waals surface area contributed by atoms with Crippen LogP contribution < -0.4 is 15.4 Å². The van der Waals surface area contributed by atoms with E-state index in [0.29, 0.717) is 17.9 Å². The number of ether oxygens (including phenoxy) is 2. The van der Waals surface area contributed by atoms with Crippen LogP contribution >= 0.6 is 0 Å². The van der Waals surface area contributed by atoms with Crippen LogP contribution in [0.1, 0.15) is 32.4 Å². The van der Waals surface area contributed by atoms with Crippen molar-refractivity contribution in [2.24, 2.45) is 0 Å². The van der Waals surface area contributed by atoms with Crippen LogP contribution in [0.4, 0.5) is 4.79 Å². The molecule has 0 bridgehead atoms. The molecule has 0 fully saturated rings. The molecule has 2 amide bonds. The molecule has 1 aromatic carbocycles. The van der Waals surface area contributed by atoms with Crippen molar-refractivity contribution in [3.63, 3.8) is 0 Å². The number of esters is 1. The third-order valence-electron chi connectivity index (χ3n) is 3.29. The Labute approximate surface area is 129 Å². The van der Waals surface area contributed by atoms with Gasteiger partial charge in [0.15, 0.2) is 0 Å². The molecule has 0 spiro atoms. The number of amides is 2. The van der Waals surface area contributed by atoms with E-state index in [0.717, 1.165) is 11.3 Å². The van der Waals surface area contributed by atoms with Crippen molar-refractivity contribution in [3.8, 4) is 5.75 Å². The third-order valence-corrected chi connectivity index (χ3v) is 3.29. The lowest BCUT2D eigenvalue weighted by Crippen LogP contribution is -2.45. The zero-order valence-electron chi connectivity index (χ0n) is 12.9. The molecular weight excluding hydrogens is 284 g/mol. The second-order valence-electron chi connectivity index (χ2n) is 4.79. The Bertz CT molecular complexity index is 593. The molecule has 6 nitrogen and oxygen atoms in total. The lowest BCUT2D eigenvalue weighted by atomic mass is 9.95. The molecule has 0 aromatic heterocycles. The quantitative estimate of drug-likeness (QED) is 0.818. The molecule has 2 rings (SSSR count). The number of nitrogens with one attached hydrogen (secondary N) is 2. The molecule has 0 saturated heterocycles. The Morgan fingerprint density at radius 2 is 1.86 bits per heavy atom. The number of rotatable bonds is 5. The van der Waals surface area contributed by atoms with Crippen LogP contribution in [-0.4, -0.2) is 25.2 Å². The van der Waals surface area contributed by atoms with Gasteiger partial charge in [-0.2, -0.15) is 0 Å². The van der Waals surface area contributed by atoms with Gasteiger partial charge in [-0.15, -0.1) is 0 Å². The molecule has 1 heterocycles. The molecule has 118 valence electrons. The number of hydrogen-bond acceptors (Lipinski definition) is 4. The monoisotopic (exact) mass is 304 g/mol. The number of hydrogen-bond donors (Lipinski definition) is 2. The van der Waals surface area contributed by atoms with Gasteiger partial charge in [-0.05, 0) is 38.5 Å². The summed E-state index contributed by atoms with van der Waals surface area (Å²) in [6.07, 6.45) is 0. The Kier molecular flexibility index (Phi) is 5.04. The summed E-state index contributed by atoms with van der Waals surface area (Å²) in [6.45, 7) is 6.20. The van der Waals surface area contributed by atoms with Gasteiger partial charge in [-0.1, -0.05) is 12.1 Å². The third kappa shape index (κ3) is 3.39. The second kappa shape index (κ2) is 6.98. The highest BCUT2D eigenvalue weighted by atomic mass is 16.5. The molecule has 6 heteroatoms. The molecule has 22 heavy (non-hydrogen) atoms. The van der Waals surface area contributed by atoms with Gasteiger partial charge < -0.3 is 20.1 Å². The summed E-state index contributed by atoms with van der Waals surface area (Å²) in [6, 6.07) is 6.39. The largest absolute Gasteiger partial charge is 0.494 e. The normalized spacial score (nSPS) is 17.6. The summed E-state index contributed by atoms with van der Waals surface area (Å²) in [7, 11) is 0. The second-order valence-corrected chi connectivity index (χ2v) is 4.79. The first kappa shape index (κ1) is 15.9. The van der Waals surface area contributed by atoms with Crippen molar-refractivity contribution >= 4 is 12.0 Å². The van der Waals surface area contributed by atoms with E-state index >= 15 is 0 Å². The Hall–Kier alpha value is -2.50. The van der Waals surface area contributed by atoms with Crippen LogP contribution in [0.5, 0.6) is 5.75 Å². The van der Waals surface area contributed by atoms with E-state index in [9.17, 15) is 9.59 Å². The van der Waals surface area contributed by atoms with E-state index in [4.69, 9.17) is 9.47 Å². The highest BCUT2D eigenvalue weighted by Crippen LogP contribution is 2.28. The lowest BCUT2D eigenvalue weighted by Gasteiger charge is -2.28. The summed E-state index contributed by atoms with van der Waals surface area (Å²) in [5.74, 6) is 0.302. The fourth-order valence-electron chi connectivity index (χ4n) is 2.35. The van der Waals surface area contributed by atoms with Gasteiger partial charge in [-0.25, -0.2) is 9.59 Å². The van der Waals surface area contributed by atoms with Crippen molar-refractivity contribution in [2.45, 2.75) is 26.8 Å². The topological polar surface area (TPSA) is 76.7 Å². The van der Waals surface area contributed by atoms with Crippen LogP contribution in [0.3, 0.4) is 0 Å². The van der Waals surface area contributed by atoms with Crippen LogP contribution in [0, 0.1) is 0 Å². The van der Waals surface area contributed by atoms with Crippen LogP contribution in [0.2, 0.25) is 0 Å². The minimum atomic E-state index is -0.538. The molecule has 1 aromatic rings. The summed E-state index contributed by atoms with van der Waals surface area (Å²) in [4.78, 5) is 23.9. The molecule has 2 N–H and O–H groups in total. The molecule has 1 aliphatic rings. The summed E-state index contributed by atoms with van der Waals surface area (Å²) >= 11 is 0. The first-order valence-electron chi connectivity index (χ1n) is 7.25. The zero-order valence-corrected chi connectivity index (χ0v) is 12.9. The Morgan fingerprint density at radius 3 is 2.45 bits per heavy atom. The first-order chi connectivity index (χ1) is 10.6. The average Bonchev–Trinajstić information content (AvgIpc) is 2.47. The van der Waals surface area contributed by atoms with Gasteiger partial charge >= 0.3 is 12.0 Å². The maximum atomic E-state index is 12.2. The fourth-order valence-corrected chi connectivity index (χ4v) is 2.35. The number of benzene rings is 1. The summed E-state index contributed by atoms with van der Waals surface area (Å²) in [5.41, 5.74) is 1.70. The summed E-state index contributed by atoms with van der Waals surface area (Å²) in [5, 5.41) is 5.36. The maximum absolute atomic E-state index is 12.2. The van der Waals surface area contributed by atoms with Gasteiger partial charge in [-0.3, -0.25) is 0 Å². The van der Waals surface area contributed by atoms with E-state index in [2.05, 4.69) is 10.6 Å². The molecule has 0 aliphatic carbocycles. The van der Waals surface area contributed by atoms with Gasteiger partial charge in [0.05, 0.1) is 24.8 Å². The molecule has 0 saturated carbocycles. The number of carbonyl (C=O) groups is 2. The van der Waals surface area contributed by atoms with Crippen LogP contribution in [-0.2, 0) is 9.53 Å². The minimum absolute atomic E-state index is 0.277. The SMILES string of the molecule is CCOC(=O)C1=C(C)NC(=O)N[C@@H]1c1ccc(OCC)cc1. The van der Waals surface area contributed by atoms with E-state index < -0.39 is 12.0 Å². The van der Waals surface area contributed by atoms with E-state index in [1.165, 1.54) is 0 Å². The van der Waals surface area contributed by atoms with Gasteiger partial charge in [0, 0.05) is 5.70 Å². The predicted octanol–water partition coefficient (Wildman–Crippen LogP) is 2.28. The summed E-state index contributed by atoms with van der Waals surface area (Å²) < 4.78 is 10.5. The average molecular weight is 304 g/mol. The molecule has 1 aliphatic heterocycles. The van der Waals surface area contributed by atoms with Gasteiger partial charge in [0.25, 0.3) is 0 Å². The Balaban J connectivity index is 2.34. The fraction of sp³-hybridized carbons (Fsp3) is 0.375. The van der Waals surface area contributed by atoms with Gasteiger partial charge in [0.1, 0.15) is 5.75 Å². The molecule has 0 unspecified atom stereocenters. The lowest BCUT2D eigenvalue weighted by molar-refractivity contribution is -0.139. The molecule has 1 atom stereocenters. The van der Waals surface area contributed by atoms with E-state index in [-0.39, 0.29) is 12.6 Å². The standard InChI is InChI=1S/C16H20N2O4/c1-4-21-12-8-6-11(7-9-12)14-13(15(19)22-5-2)10(3)17-16(20)18-14/h6-9,14H,4-5H2,1-3H3,(H2,17,18,20)/t14-/m1/s1. The first-order valence-corrected chi connectivity index (χ1v) is 7.25. The van der Waals surface area contributed by atoms with Crippen molar-refractivity contribution in [1.29, 1.82) is 0 Å². The van der Waals surface area contributed by atoms with Crippen molar-refractivity contribution in [1.82, 2.24) is 10.6 Å². The highest BCUT2D eigenvalue weighted by molar-refractivity contribution is 5.95. The number of carbonyl (C=O) groups excluding carboxylic acids is 2. The van der Waals surface area contributed by atoms with Crippen LogP contribution in [0.25, 0.3) is 0 Å². The minimum Gasteiger partial charge on any atom is -0.494 e.